The third kappa shape index (κ3) is 11500. The Morgan fingerprint density at radius 2 is 0.480 bits per heavy atom. The van der Waals surface area contributed by atoms with Gasteiger partial charge in [0.15, 0.2) is 0 Å². The second kappa shape index (κ2) is 57.5. The van der Waals surface area contributed by atoms with Gasteiger partial charge in [0.2, 0.25) is 0 Å². The van der Waals surface area contributed by atoms with Gasteiger partial charge in [-0.3, -0.25) is 0 Å². The van der Waals surface area contributed by atoms with Crippen molar-refractivity contribution in [1.29, 1.82) is 0 Å². The number of nitrogens with two attached hydrogens (primary N) is 6. The molecule has 0 atom stereocenters. The molecule has 0 fully saturated rings. The van der Waals surface area contributed by atoms with Crippen LogP contribution in [-0.4, -0.2) is 54.5 Å². The molecule has 0 radical (unpaired) electrons. The van der Waals surface area contributed by atoms with Gasteiger partial charge in [-0.1, -0.05) is 0 Å². The summed E-state index contributed by atoms with van der Waals surface area (Å²) in [7, 11) is 0. The van der Waals surface area contributed by atoms with Crippen molar-refractivity contribution in [3.63, 3.8) is 0 Å². The molecule has 0 aromatic rings. The summed E-state index contributed by atoms with van der Waals surface area (Å²) in [6.45, 7) is 3.58. The summed E-state index contributed by atoms with van der Waals surface area (Å²) in [6, 6.07) is 0. The molecule has 156 valence electrons. The summed E-state index contributed by atoms with van der Waals surface area (Å²) in [5.41, 5.74) is 29.4. The zero-order valence-electron chi connectivity index (χ0n) is 13.1. The van der Waals surface area contributed by atoms with E-state index in [0.717, 1.165) is 0 Å². The van der Waals surface area contributed by atoms with E-state index in [4.69, 9.17) is 80.4 Å². The minimum atomic E-state index is -1.75. The maximum atomic E-state index is 8.25. The molecule has 0 aromatic carbocycles. The first-order chi connectivity index (χ1) is 10.9. The fourth-order valence-electron chi connectivity index (χ4n) is 0. The number of nitrogens with zero attached hydrogens (tertiary/aromatic N) is 3. The maximum Gasteiger partial charge on any atom is 3.00 e. The van der Waals surface area contributed by atoms with Crippen LogP contribution in [0.5, 0.6) is 0 Å². The molecule has 12 N–H and O–H groups in total. The Morgan fingerprint density at radius 1 is 0.440 bits per heavy atom. The molecule has 0 saturated carbocycles. The van der Waals surface area contributed by atoms with E-state index >= 15 is 0 Å². The summed E-state index contributed by atoms with van der Waals surface area (Å²) in [5, 5.41) is 44.2. The molecule has 0 rings (SSSR count). The molecule has 0 spiro atoms. The first kappa shape index (κ1) is 43.4. The third-order valence-corrected chi connectivity index (χ3v) is 0.500. The molecule has 0 bridgehead atoms. The minimum Gasteiger partial charge on any atom is -0.356 e. The van der Waals surface area contributed by atoms with E-state index < -0.39 is 15.3 Å². The molecular formula is C6H24CoN9O9. The van der Waals surface area contributed by atoms with Crippen molar-refractivity contribution in [2.75, 3.05) is 39.3 Å². The Kier molecular flexibility index (Phi) is 99.9. The third-order valence-electron chi connectivity index (χ3n) is 0.500. The van der Waals surface area contributed by atoms with Gasteiger partial charge in [-0.15, -0.1) is 0 Å². The molecule has 0 aliphatic rings. The SMILES string of the molecule is NCCN.NCCN.NCCN.O=[N+]([O-])[O-].O=[N+]([O-])[O-].O=[N+]([O-])[O-].[Co+3]. The van der Waals surface area contributed by atoms with Crippen molar-refractivity contribution < 1.29 is 32.0 Å². The van der Waals surface area contributed by atoms with Crippen LogP contribution in [0.15, 0.2) is 0 Å². The average molecular weight is 425 g/mol. The zero-order chi connectivity index (χ0) is 21.0. The van der Waals surface area contributed by atoms with Crippen molar-refractivity contribution in [1.82, 2.24) is 0 Å². The summed E-state index contributed by atoms with van der Waals surface area (Å²) in [4.78, 5) is 24.8. The second-order valence-corrected chi connectivity index (χ2v) is 2.40. The van der Waals surface area contributed by atoms with Crippen LogP contribution in [-0.2, 0) is 16.8 Å². The predicted molar refractivity (Wildman–Crippen MR) is 85.4 cm³/mol. The van der Waals surface area contributed by atoms with Gasteiger partial charge in [-0.2, -0.15) is 0 Å². The summed E-state index contributed by atoms with van der Waals surface area (Å²) in [6.07, 6.45) is 0. The minimum absolute atomic E-state index is 0. The Bertz CT molecular complexity index is 196. The molecule has 25 heavy (non-hydrogen) atoms. The maximum absolute atomic E-state index is 8.25. The zero-order valence-corrected chi connectivity index (χ0v) is 14.1. The fourth-order valence-corrected chi connectivity index (χ4v) is 0. The molecule has 0 saturated heterocycles. The standard InChI is InChI=1S/3C2H8N2.Co.3NO3/c3*3-1-2-4;;3*2-1(3)4/h3*1-4H2;;;;/q;;;+3;3*-1. The van der Waals surface area contributed by atoms with Crippen molar-refractivity contribution in [3.8, 4) is 0 Å². The molecule has 19 heteroatoms. The van der Waals surface area contributed by atoms with Gasteiger partial charge < -0.3 is 80.4 Å². The van der Waals surface area contributed by atoms with Crippen LogP contribution in [0.1, 0.15) is 0 Å². The van der Waals surface area contributed by atoms with Crippen LogP contribution in [0.25, 0.3) is 0 Å². The van der Waals surface area contributed by atoms with Gasteiger partial charge in [0, 0.05) is 39.3 Å². The Hall–Kier alpha value is -2.13. The number of hydrogen-bond donors (Lipinski definition) is 6. The van der Waals surface area contributed by atoms with Gasteiger partial charge in [0.05, 0.1) is 15.3 Å². The van der Waals surface area contributed by atoms with Crippen molar-refractivity contribution in [2.45, 2.75) is 0 Å². The van der Waals surface area contributed by atoms with Gasteiger partial charge >= 0.3 is 16.8 Å². The average Bonchev–Trinajstić information content (AvgIpc) is 2.45. The Balaban J connectivity index is -0.0000000309. The first-order valence-corrected chi connectivity index (χ1v) is 5.59. The first-order valence-electron chi connectivity index (χ1n) is 5.59. The van der Waals surface area contributed by atoms with Crippen molar-refractivity contribution in [2.24, 2.45) is 34.4 Å². The van der Waals surface area contributed by atoms with Crippen molar-refractivity contribution >= 4 is 0 Å². The van der Waals surface area contributed by atoms with Gasteiger partial charge in [-0.05, 0) is 0 Å². The van der Waals surface area contributed by atoms with E-state index in [1.165, 1.54) is 0 Å². The van der Waals surface area contributed by atoms with E-state index in [2.05, 4.69) is 0 Å². The molecule has 0 heterocycles. The van der Waals surface area contributed by atoms with E-state index in [1.807, 2.05) is 0 Å². The molecule has 18 nitrogen and oxygen atoms in total. The largest absolute Gasteiger partial charge is 3.00 e. The fraction of sp³-hybridized carbons (Fsp3) is 1.00. The number of rotatable bonds is 3. The van der Waals surface area contributed by atoms with E-state index in [-0.39, 0.29) is 16.8 Å². The van der Waals surface area contributed by atoms with Crippen LogP contribution >= 0.6 is 0 Å². The van der Waals surface area contributed by atoms with Crippen LogP contribution in [0.3, 0.4) is 0 Å². The summed E-state index contributed by atoms with van der Waals surface area (Å²) in [5.74, 6) is 0. The van der Waals surface area contributed by atoms with E-state index in [0.29, 0.717) is 39.3 Å². The van der Waals surface area contributed by atoms with Crippen LogP contribution < -0.4 is 34.4 Å². The van der Waals surface area contributed by atoms with Crippen LogP contribution in [0, 0.1) is 46.0 Å². The van der Waals surface area contributed by atoms with E-state index in [9.17, 15) is 0 Å². The van der Waals surface area contributed by atoms with Crippen molar-refractivity contribution in [3.05, 3.63) is 46.0 Å². The Morgan fingerprint density at radius 3 is 0.480 bits per heavy atom. The van der Waals surface area contributed by atoms with Gasteiger partial charge in [0.1, 0.15) is 0 Å². The molecule has 0 aliphatic carbocycles. The topological polar surface area (TPSA) is 355 Å². The summed E-state index contributed by atoms with van der Waals surface area (Å²) < 4.78 is 0. The smallest absolute Gasteiger partial charge is 0.356 e. The molecule has 0 aliphatic heterocycles. The molecular weight excluding hydrogens is 401 g/mol. The van der Waals surface area contributed by atoms with Gasteiger partial charge in [0.25, 0.3) is 0 Å². The van der Waals surface area contributed by atoms with Crippen LogP contribution in [0.4, 0.5) is 0 Å². The quantitative estimate of drug-likeness (QED) is 0.185. The number of hydrogen-bond acceptors (Lipinski definition) is 15. The van der Waals surface area contributed by atoms with Crippen LogP contribution in [0.2, 0.25) is 0 Å². The normalized spacial score (nSPS) is 6.48. The molecule has 0 amide bonds. The van der Waals surface area contributed by atoms with Gasteiger partial charge in [-0.25, -0.2) is 0 Å². The van der Waals surface area contributed by atoms with E-state index in [1.54, 1.807) is 0 Å². The summed E-state index contributed by atoms with van der Waals surface area (Å²) >= 11 is 0. The monoisotopic (exact) mass is 425 g/mol. The second-order valence-electron chi connectivity index (χ2n) is 2.40. The Labute approximate surface area is 152 Å². The predicted octanol–water partition coefficient (Wildman–Crippen LogP) is -4.01. The molecule has 0 aromatic heterocycles. The molecule has 0 unspecified atom stereocenters.